The molecule has 1 rings (SSSR count). The topological polar surface area (TPSA) is 74.8 Å². The molecule has 7 heteroatoms. The van der Waals surface area contributed by atoms with Crippen LogP contribution < -0.4 is 16.0 Å². The first-order valence-corrected chi connectivity index (χ1v) is 7.50. The molecule has 23 heavy (non-hydrogen) atoms. The number of rotatable bonds is 9. The van der Waals surface area contributed by atoms with Crippen molar-refractivity contribution >= 4 is 35.8 Å². The average molecular weight is 434 g/mol. The highest BCUT2D eigenvalue weighted by Crippen LogP contribution is 2.01. The van der Waals surface area contributed by atoms with E-state index in [4.69, 9.17) is 4.74 Å². The SMILES string of the molecule is CN=C(NCCCc1ccccc1)NCC(=O)NCCOC.I. The van der Waals surface area contributed by atoms with Crippen LogP contribution >= 0.6 is 24.0 Å². The third-order valence-corrected chi connectivity index (χ3v) is 3.05. The summed E-state index contributed by atoms with van der Waals surface area (Å²) in [6.45, 7) is 2.03. The number of hydrogen-bond acceptors (Lipinski definition) is 3. The number of aryl methyl sites for hydroxylation is 1. The van der Waals surface area contributed by atoms with E-state index in [1.807, 2.05) is 18.2 Å². The van der Waals surface area contributed by atoms with Crippen molar-refractivity contribution in [3.63, 3.8) is 0 Å². The molecule has 0 atom stereocenters. The lowest BCUT2D eigenvalue weighted by atomic mass is 10.1. The lowest BCUT2D eigenvalue weighted by molar-refractivity contribution is -0.120. The van der Waals surface area contributed by atoms with E-state index < -0.39 is 0 Å². The summed E-state index contributed by atoms with van der Waals surface area (Å²) in [6.07, 6.45) is 2.02. The number of benzene rings is 1. The number of hydrogen-bond donors (Lipinski definition) is 3. The first kappa shape index (κ1) is 21.6. The molecule has 0 aromatic heterocycles. The summed E-state index contributed by atoms with van der Waals surface area (Å²) in [4.78, 5) is 15.6. The Morgan fingerprint density at radius 1 is 1.13 bits per heavy atom. The Morgan fingerprint density at radius 3 is 2.52 bits per heavy atom. The van der Waals surface area contributed by atoms with Gasteiger partial charge in [0, 0.05) is 27.2 Å². The Balaban J connectivity index is 0.00000484. The fraction of sp³-hybridized carbons (Fsp3) is 0.500. The lowest BCUT2D eigenvalue weighted by Gasteiger charge is -2.12. The zero-order chi connectivity index (χ0) is 16.0. The fourth-order valence-electron chi connectivity index (χ4n) is 1.88. The van der Waals surface area contributed by atoms with Crippen LogP contribution in [0.4, 0.5) is 0 Å². The van der Waals surface area contributed by atoms with Gasteiger partial charge in [0.1, 0.15) is 0 Å². The van der Waals surface area contributed by atoms with E-state index in [0.717, 1.165) is 19.4 Å². The number of amides is 1. The first-order chi connectivity index (χ1) is 10.8. The third kappa shape index (κ3) is 10.9. The Kier molecular flexibility index (Phi) is 13.4. The summed E-state index contributed by atoms with van der Waals surface area (Å²) in [6, 6.07) is 10.4. The van der Waals surface area contributed by atoms with Crippen molar-refractivity contribution < 1.29 is 9.53 Å². The number of halogens is 1. The highest BCUT2D eigenvalue weighted by atomic mass is 127. The predicted octanol–water partition coefficient (Wildman–Crippen LogP) is 1.16. The van der Waals surface area contributed by atoms with Crippen LogP contribution in [0.5, 0.6) is 0 Å². The molecule has 1 amide bonds. The quantitative estimate of drug-likeness (QED) is 0.236. The number of carbonyl (C=O) groups excluding carboxylic acids is 1. The van der Waals surface area contributed by atoms with Gasteiger partial charge in [0.05, 0.1) is 13.2 Å². The Labute approximate surface area is 155 Å². The zero-order valence-electron chi connectivity index (χ0n) is 13.8. The predicted molar refractivity (Wildman–Crippen MR) is 104 cm³/mol. The maximum atomic E-state index is 11.5. The summed E-state index contributed by atoms with van der Waals surface area (Å²) in [5, 5.41) is 8.92. The number of methoxy groups -OCH3 is 1. The molecular weight excluding hydrogens is 407 g/mol. The number of guanidine groups is 1. The molecule has 130 valence electrons. The highest BCUT2D eigenvalue weighted by molar-refractivity contribution is 14.0. The van der Waals surface area contributed by atoms with Gasteiger partial charge in [-0.15, -0.1) is 24.0 Å². The van der Waals surface area contributed by atoms with Gasteiger partial charge in [-0.2, -0.15) is 0 Å². The van der Waals surface area contributed by atoms with Crippen LogP contribution in [0.25, 0.3) is 0 Å². The Morgan fingerprint density at radius 2 is 1.87 bits per heavy atom. The fourth-order valence-corrected chi connectivity index (χ4v) is 1.88. The lowest BCUT2D eigenvalue weighted by Crippen LogP contribution is -2.44. The highest BCUT2D eigenvalue weighted by Gasteiger charge is 2.02. The maximum Gasteiger partial charge on any atom is 0.239 e. The molecule has 0 unspecified atom stereocenters. The van der Waals surface area contributed by atoms with Crippen molar-refractivity contribution in [1.82, 2.24) is 16.0 Å². The molecule has 0 bridgehead atoms. The van der Waals surface area contributed by atoms with Crippen LogP contribution in [0.15, 0.2) is 35.3 Å². The molecule has 0 fully saturated rings. The minimum absolute atomic E-state index is 0. The van der Waals surface area contributed by atoms with Gasteiger partial charge in [-0.25, -0.2) is 0 Å². The molecule has 0 aliphatic carbocycles. The van der Waals surface area contributed by atoms with Gasteiger partial charge in [-0.05, 0) is 18.4 Å². The average Bonchev–Trinajstić information content (AvgIpc) is 2.55. The summed E-state index contributed by atoms with van der Waals surface area (Å²) >= 11 is 0. The monoisotopic (exact) mass is 434 g/mol. The van der Waals surface area contributed by atoms with Crippen molar-refractivity contribution in [3.8, 4) is 0 Å². The standard InChI is InChI=1S/C16H26N4O2.HI/c1-17-16(20-13-15(21)18-11-12-22-2)19-10-6-9-14-7-4-3-5-8-14;/h3-5,7-8H,6,9-13H2,1-2H3,(H,18,21)(H2,17,19,20);1H. The van der Waals surface area contributed by atoms with E-state index in [9.17, 15) is 4.79 Å². The summed E-state index contributed by atoms with van der Waals surface area (Å²) in [5.74, 6) is 0.555. The van der Waals surface area contributed by atoms with E-state index in [0.29, 0.717) is 19.1 Å². The molecule has 6 nitrogen and oxygen atoms in total. The van der Waals surface area contributed by atoms with E-state index in [-0.39, 0.29) is 36.4 Å². The van der Waals surface area contributed by atoms with E-state index in [2.05, 4.69) is 33.1 Å². The van der Waals surface area contributed by atoms with Crippen LogP contribution in [0.3, 0.4) is 0 Å². The Hall–Kier alpha value is -1.35. The van der Waals surface area contributed by atoms with Gasteiger partial charge in [0.25, 0.3) is 0 Å². The molecule has 0 saturated heterocycles. The van der Waals surface area contributed by atoms with Gasteiger partial charge in [-0.3, -0.25) is 9.79 Å². The zero-order valence-corrected chi connectivity index (χ0v) is 16.1. The van der Waals surface area contributed by atoms with E-state index in [1.165, 1.54) is 5.56 Å². The summed E-state index contributed by atoms with van der Waals surface area (Å²) in [5.41, 5.74) is 1.32. The van der Waals surface area contributed by atoms with Crippen molar-refractivity contribution in [3.05, 3.63) is 35.9 Å². The number of nitrogens with zero attached hydrogens (tertiary/aromatic N) is 1. The molecular formula is C16H27IN4O2. The van der Waals surface area contributed by atoms with Gasteiger partial charge >= 0.3 is 0 Å². The van der Waals surface area contributed by atoms with Gasteiger partial charge in [-0.1, -0.05) is 30.3 Å². The van der Waals surface area contributed by atoms with Gasteiger partial charge < -0.3 is 20.7 Å². The minimum Gasteiger partial charge on any atom is -0.383 e. The van der Waals surface area contributed by atoms with Gasteiger partial charge in [0.15, 0.2) is 5.96 Å². The molecule has 0 aliphatic rings. The van der Waals surface area contributed by atoms with Crippen LogP contribution in [0.2, 0.25) is 0 Å². The van der Waals surface area contributed by atoms with Crippen molar-refractivity contribution in [2.75, 3.05) is 40.4 Å². The third-order valence-electron chi connectivity index (χ3n) is 3.05. The number of carbonyl (C=O) groups is 1. The minimum atomic E-state index is -0.0794. The molecule has 0 saturated carbocycles. The summed E-state index contributed by atoms with van der Waals surface area (Å²) in [7, 11) is 3.29. The molecule has 0 heterocycles. The normalized spacial score (nSPS) is 10.6. The Bertz CT molecular complexity index is 455. The van der Waals surface area contributed by atoms with E-state index in [1.54, 1.807) is 14.2 Å². The van der Waals surface area contributed by atoms with Crippen molar-refractivity contribution in [2.45, 2.75) is 12.8 Å². The number of aliphatic imine (C=N–C) groups is 1. The molecule has 1 aromatic carbocycles. The molecule has 3 N–H and O–H groups in total. The molecule has 0 aliphatic heterocycles. The van der Waals surface area contributed by atoms with Crippen molar-refractivity contribution in [2.24, 2.45) is 4.99 Å². The molecule has 0 spiro atoms. The number of ether oxygens (including phenoxy) is 1. The summed E-state index contributed by atoms with van der Waals surface area (Å²) < 4.78 is 4.87. The second kappa shape index (κ2) is 14.3. The number of nitrogens with one attached hydrogen (secondary N) is 3. The first-order valence-electron chi connectivity index (χ1n) is 7.50. The molecule has 0 radical (unpaired) electrons. The smallest absolute Gasteiger partial charge is 0.239 e. The maximum absolute atomic E-state index is 11.5. The second-order valence-corrected chi connectivity index (χ2v) is 4.78. The van der Waals surface area contributed by atoms with Crippen LogP contribution in [-0.2, 0) is 16.0 Å². The largest absolute Gasteiger partial charge is 0.383 e. The van der Waals surface area contributed by atoms with Crippen LogP contribution in [-0.4, -0.2) is 52.3 Å². The van der Waals surface area contributed by atoms with Crippen LogP contribution in [0.1, 0.15) is 12.0 Å². The van der Waals surface area contributed by atoms with E-state index >= 15 is 0 Å². The second-order valence-electron chi connectivity index (χ2n) is 4.78. The molecule has 1 aromatic rings. The van der Waals surface area contributed by atoms with Gasteiger partial charge in [0.2, 0.25) is 5.91 Å². The van der Waals surface area contributed by atoms with Crippen molar-refractivity contribution in [1.29, 1.82) is 0 Å². The van der Waals surface area contributed by atoms with Crippen LogP contribution in [0, 0.1) is 0 Å².